The fraction of sp³-hybridized carbons (Fsp3) is 0.886. The Balaban J connectivity index is 4.15. The maximum Gasteiger partial charge on any atom is 0.472 e. The largest absolute Gasteiger partial charge is 0.480 e. The molecular weight excluding hydrogens is 733 g/mol. The van der Waals surface area contributed by atoms with Gasteiger partial charge in [-0.05, 0) is 32.1 Å². The van der Waals surface area contributed by atoms with Crippen LogP contribution in [0, 0.1) is 0 Å². The molecule has 0 aliphatic carbocycles. The molecule has 0 aromatic heterocycles. The van der Waals surface area contributed by atoms with E-state index >= 15 is 0 Å². The van der Waals surface area contributed by atoms with Gasteiger partial charge in [-0.15, -0.1) is 0 Å². The smallest absolute Gasteiger partial charge is 0.472 e. The third-order valence-corrected chi connectivity index (χ3v) is 10.9. The molecule has 56 heavy (non-hydrogen) atoms. The third kappa shape index (κ3) is 39.1. The highest BCUT2D eigenvalue weighted by Gasteiger charge is 2.28. The van der Waals surface area contributed by atoms with E-state index in [4.69, 9.17) is 24.8 Å². The summed E-state index contributed by atoms with van der Waals surface area (Å²) in [6, 6.07) is -1.52. The predicted octanol–water partition coefficient (Wildman–Crippen LogP) is 12.1. The van der Waals surface area contributed by atoms with E-state index in [9.17, 15) is 23.8 Å². The van der Waals surface area contributed by atoms with Crippen LogP contribution in [0.1, 0.15) is 219 Å². The molecule has 0 fully saturated rings. The van der Waals surface area contributed by atoms with Crippen molar-refractivity contribution in [2.45, 2.75) is 231 Å². The van der Waals surface area contributed by atoms with Gasteiger partial charge in [0.25, 0.3) is 0 Å². The average molecular weight is 818 g/mol. The molecule has 0 amide bonds. The molecule has 11 nitrogen and oxygen atoms in total. The molecule has 0 aromatic rings. The molecule has 0 aromatic carbocycles. The second-order valence-corrected chi connectivity index (χ2v) is 17.0. The number of rotatable bonds is 43. The number of carboxylic acid groups (broad SMARTS) is 1. The number of carboxylic acids is 1. The molecular formula is C44H84NO10P. The van der Waals surface area contributed by atoms with Crippen molar-refractivity contribution >= 4 is 25.7 Å². The van der Waals surface area contributed by atoms with Gasteiger partial charge in [-0.3, -0.25) is 23.4 Å². The van der Waals surface area contributed by atoms with E-state index in [-0.39, 0.29) is 19.4 Å². The van der Waals surface area contributed by atoms with E-state index in [2.05, 4.69) is 30.5 Å². The molecule has 0 rings (SSSR count). The summed E-state index contributed by atoms with van der Waals surface area (Å²) in [6.45, 7) is 2.75. The summed E-state index contributed by atoms with van der Waals surface area (Å²) in [5, 5.41) is 8.88. The summed E-state index contributed by atoms with van der Waals surface area (Å²) in [7, 11) is -4.71. The summed E-state index contributed by atoms with van der Waals surface area (Å²) in [4.78, 5) is 45.9. The van der Waals surface area contributed by atoms with Crippen molar-refractivity contribution in [2.24, 2.45) is 5.73 Å². The Morgan fingerprint density at radius 2 is 0.929 bits per heavy atom. The van der Waals surface area contributed by atoms with Gasteiger partial charge in [0.15, 0.2) is 6.10 Å². The van der Waals surface area contributed by atoms with E-state index in [0.29, 0.717) is 12.8 Å². The van der Waals surface area contributed by atoms with Gasteiger partial charge in [0.05, 0.1) is 13.2 Å². The van der Waals surface area contributed by atoms with Gasteiger partial charge in [-0.2, -0.15) is 0 Å². The molecule has 4 N–H and O–H groups in total. The molecule has 330 valence electrons. The number of aliphatic carboxylic acids is 1. The Bertz CT molecular complexity index is 1010. The highest BCUT2D eigenvalue weighted by atomic mass is 31.2. The van der Waals surface area contributed by atoms with Crippen LogP contribution in [0.15, 0.2) is 12.2 Å². The standard InChI is InChI=1S/C44H84NO10P/c1-3-5-7-9-11-13-15-16-17-18-19-20-21-22-23-24-25-26-28-29-31-33-35-42(46)52-37-40(38-53-56(50,51)54-39-41(45)44(48)49)55-43(47)36-34-32-30-27-14-12-10-8-6-4-2/h8,10,40-41H,3-7,9,11-39,45H2,1-2H3,(H,48,49)(H,50,51)/b10-8-. The Morgan fingerprint density at radius 1 is 0.536 bits per heavy atom. The van der Waals surface area contributed by atoms with Crippen molar-refractivity contribution in [3.05, 3.63) is 12.2 Å². The van der Waals surface area contributed by atoms with Crippen molar-refractivity contribution in [1.29, 1.82) is 0 Å². The summed E-state index contributed by atoms with van der Waals surface area (Å²) in [6.07, 6.45) is 40.1. The monoisotopic (exact) mass is 818 g/mol. The lowest BCUT2D eigenvalue weighted by molar-refractivity contribution is -0.161. The van der Waals surface area contributed by atoms with Crippen LogP contribution in [0.4, 0.5) is 0 Å². The number of carbonyl (C=O) groups excluding carboxylic acids is 2. The van der Waals surface area contributed by atoms with Crippen LogP contribution < -0.4 is 5.73 Å². The average Bonchev–Trinajstić information content (AvgIpc) is 3.17. The molecule has 12 heteroatoms. The quantitative estimate of drug-likeness (QED) is 0.0231. The Kier molecular flexibility index (Phi) is 38.7. The Labute approximate surface area is 341 Å². The van der Waals surface area contributed by atoms with E-state index in [1.54, 1.807) is 0 Å². The summed E-state index contributed by atoms with van der Waals surface area (Å²) in [5.74, 6) is -2.38. The molecule has 0 saturated carbocycles. The molecule has 0 aliphatic heterocycles. The topological polar surface area (TPSA) is 172 Å². The minimum absolute atomic E-state index is 0.154. The first kappa shape index (κ1) is 54.2. The van der Waals surface area contributed by atoms with Crippen LogP contribution in [0.2, 0.25) is 0 Å². The summed E-state index contributed by atoms with van der Waals surface area (Å²) in [5.41, 5.74) is 5.33. The zero-order valence-corrected chi connectivity index (χ0v) is 36.6. The number of hydrogen-bond acceptors (Lipinski definition) is 9. The highest BCUT2D eigenvalue weighted by Crippen LogP contribution is 2.43. The van der Waals surface area contributed by atoms with E-state index in [1.807, 2.05) is 0 Å². The van der Waals surface area contributed by atoms with Crippen LogP contribution in [0.5, 0.6) is 0 Å². The second-order valence-electron chi connectivity index (χ2n) is 15.5. The van der Waals surface area contributed by atoms with Gasteiger partial charge in [-0.1, -0.05) is 187 Å². The molecule has 0 spiro atoms. The van der Waals surface area contributed by atoms with E-state index in [0.717, 1.165) is 64.2 Å². The number of carbonyl (C=O) groups is 3. The first-order valence-corrected chi connectivity index (χ1v) is 24.2. The molecule has 3 atom stereocenters. The number of hydrogen-bond donors (Lipinski definition) is 3. The van der Waals surface area contributed by atoms with Crippen LogP contribution in [-0.4, -0.2) is 59.9 Å². The van der Waals surface area contributed by atoms with Crippen molar-refractivity contribution in [3.63, 3.8) is 0 Å². The summed E-state index contributed by atoms with van der Waals surface area (Å²) >= 11 is 0. The van der Waals surface area contributed by atoms with Crippen molar-refractivity contribution in [3.8, 4) is 0 Å². The number of phosphoric acid groups is 1. The minimum atomic E-state index is -4.71. The molecule has 0 heterocycles. The number of unbranched alkanes of at least 4 members (excludes halogenated alkanes) is 27. The van der Waals surface area contributed by atoms with Crippen LogP contribution in [-0.2, 0) is 37.5 Å². The van der Waals surface area contributed by atoms with Gasteiger partial charge < -0.3 is 25.2 Å². The lowest BCUT2D eigenvalue weighted by Gasteiger charge is -2.20. The van der Waals surface area contributed by atoms with Gasteiger partial charge in [0.1, 0.15) is 12.6 Å². The minimum Gasteiger partial charge on any atom is -0.480 e. The van der Waals surface area contributed by atoms with Crippen LogP contribution >= 0.6 is 7.82 Å². The van der Waals surface area contributed by atoms with Crippen molar-refractivity contribution in [1.82, 2.24) is 0 Å². The van der Waals surface area contributed by atoms with Crippen LogP contribution in [0.3, 0.4) is 0 Å². The van der Waals surface area contributed by atoms with Gasteiger partial charge >= 0.3 is 25.7 Å². The lowest BCUT2D eigenvalue weighted by atomic mass is 10.0. The number of ether oxygens (including phenoxy) is 2. The molecule has 3 unspecified atom stereocenters. The zero-order valence-electron chi connectivity index (χ0n) is 35.7. The highest BCUT2D eigenvalue weighted by molar-refractivity contribution is 7.47. The van der Waals surface area contributed by atoms with E-state index in [1.165, 1.54) is 116 Å². The fourth-order valence-corrected chi connectivity index (χ4v) is 7.20. The SMILES string of the molecule is CCC/C=C\CCCCCCCC(=O)OC(COC(=O)CCCCCCCCCCCCCCCCCCCCCCCC)COP(=O)(O)OCC(N)C(=O)O. The first-order chi connectivity index (χ1) is 27.1. The van der Waals surface area contributed by atoms with Crippen LogP contribution in [0.25, 0.3) is 0 Å². The maximum absolute atomic E-state index is 12.6. The molecule has 0 saturated heterocycles. The summed E-state index contributed by atoms with van der Waals surface area (Å²) < 4.78 is 32.6. The molecule has 0 aliphatic rings. The first-order valence-electron chi connectivity index (χ1n) is 22.7. The number of phosphoric ester groups is 1. The van der Waals surface area contributed by atoms with E-state index < -0.39 is 51.1 Å². The number of nitrogens with two attached hydrogens (primary N) is 1. The normalized spacial score (nSPS) is 13.8. The zero-order chi connectivity index (χ0) is 41.4. The lowest BCUT2D eigenvalue weighted by Crippen LogP contribution is -2.34. The third-order valence-electron chi connectivity index (χ3n) is 9.99. The fourth-order valence-electron chi connectivity index (χ4n) is 6.42. The Morgan fingerprint density at radius 3 is 1.38 bits per heavy atom. The van der Waals surface area contributed by atoms with Gasteiger partial charge in [0, 0.05) is 12.8 Å². The van der Waals surface area contributed by atoms with Gasteiger partial charge in [0.2, 0.25) is 0 Å². The number of allylic oxidation sites excluding steroid dienone is 2. The number of esters is 2. The maximum atomic E-state index is 12.6. The van der Waals surface area contributed by atoms with Crippen molar-refractivity contribution in [2.75, 3.05) is 19.8 Å². The predicted molar refractivity (Wildman–Crippen MR) is 226 cm³/mol. The molecule has 0 bridgehead atoms. The second kappa shape index (κ2) is 40.0. The Hall–Kier alpha value is -1.78. The molecule has 0 radical (unpaired) electrons. The van der Waals surface area contributed by atoms with Gasteiger partial charge in [-0.25, -0.2) is 4.57 Å². The van der Waals surface area contributed by atoms with Crippen molar-refractivity contribution < 1.29 is 47.5 Å².